The summed E-state index contributed by atoms with van der Waals surface area (Å²) in [6.07, 6.45) is 0.877. The molecule has 4 heteroatoms. The van der Waals surface area contributed by atoms with Crippen molar-refractivity contribution in [3.8, 4) is 0 Å². The van der Waals surface area contributed by atoms with E-state index in [-0.39, 0.29) is 6.04 Å². The van der Waals surface area contributed by atoms with E-state index in [1.54, 1.807) is 0 Å². The van der Waals surface area contributed by atoms with Crippen LogP contribution < -0.4 is 10.6 Å². The van der Waals surface area contributed by atoms with Crippen LogP contribution in [0.4, 0.5) is 5.69 Å². The topological polar surface area (TPSA) is 32.5 Å². The molecule has 118 valence electrons. The third-order valence-corrected chi connectivity index (χ3v) is 4.21. The van der Waals surface area contributed by atoms with Crippen molar-refractivity contribution in [2.45, 2.75) is 33.2 Å². The molecule has 0 bridgehead atoms. The number of hydrogen-bond acceptors (Lipinski definition) is 3. The minimum Gasteiger partial charge on any atom is -0.368 e. The number of piperazine rings is 1. The zero-order chi connectivity index (χ0) is 15.4. The van der Waals surface area contributed by atoms with Gasteiger partial charge in [-0.25, -0.2) is 0 Å². The van der Waals surface area contributed by atoms with Gasteiger partial charge in [0.15, 0.2) is 0 Å². The second-order valence-corrected chi connectivity index (χ2v) is 7.06. The van der Waals surface area contributed by atoms with Crippen molar-refractivity contribution in [2.75, 3.05) is 37.6 Å². The van der Waals surface area contributed by atoms with E-state index in [0.29, 0.717) is 0 Å². The molecular formula is C17H28ClN3. The van der Waals surface area contributed by atoms with Crippen LogP contribution in [0, 0.1) is 5.92 Å². The molecule has 1 aromatic carbocycles. The van der Waals surface area contributed by atoms with E-state index in [9.17, 15) is 0 Å². The van der Waals surface area contributed by atoms with Gasteiger partial charge in [-0.05, 0) is 37.0 Å². The van der Waals surface area contributed by atoms with Gasteiger partial charge >= 0.3 is 0 Å². The maximum Gasteiger partial charge on any atom is 0.0642 e. The number of rotatable bonds is 5. The van der Waals surface area contributed by atoms with Crippen molar-refractivity contribution in [2.24, 2.45) is 11.7 Å². The van der Waals surface area contributed by atoms with Crippen LogP contribution in [0.15, 0.2) is 18.2 Å². The fraction of sp³-hybridized carbons (Fsp3) is 0.647. The van der Waals surface area contributed by atoms with Crippen molar-refractivity contribution in [1.29, 1.82) is 0 Å². The Labute approximate surface area is 134 Å². The second-order valence-electron chi connectivity index (χ2n) is 6.65. The molecule has 1 aliphatic heterocycles. The van der Waals surface area contributed by atoms with Crippen LogP contribution in [-0.2, 0) is 6.42 Å². The fourth-order valence-corrected chi connectivity index (χ4v) is 3.32. The molecule has 1 saturated heterocycles. The zero-order valence-corrected chi connectivity index (χ0v) is 14.2. The molecule has 1 heterocycles. The standard InChI is InChI=1S/C17H28ClN3/c1-13(2)12-20-6-8-21(9-7-20)17-5-4-15(10-14(3)19)11-16(17)18/h4-5,11,13-14H,6-10,12,19H2,1-3H3. The van der Waals surface area contributed by atoms with E-state index < -0.39 is 0 Å². The van der Waals surface area contributed by atoms with Crippen molar-refractivity contribution >= 4 is 17.3 Å². The Balaban J connectivity index is 1.97. The highest BCUT2D eigenvalue weighted by Gasteiger charge is 2.19. The minimum atomic E-state index is 0.173. The Bertz CT molecular complexity index is 451. The smallest absolute Gasteiger partial charge is 0.0642 e. The van der Waals surface area contributed by atoms with Crippen LogP contribution in [0.5, 0.6) is 0 Å². The molecule has 1 atom stereocenters. The van der Waals surface area contributed by atoms with Crippen molar-refractivity contribution < 1.29 is 0 Å². The van der Waals surface area contributed by atoms with E-state index in [4.69, 9.17) is 17.3 Å². The maximum absolute atomic E-state index is 6.47. The van der Waals surface area contributed by atoms with E-state index in [1.165, 1.54) is 12.1 Å². The zero-order valence-electron chi connectivity index (χ0n) is 13.5. The SMILES string of the molecule is CC(C)CN1CCN(c2ccc(CC(C)N)cc2Cl)CC1. The fourth-order valence-electron chi connectivity index (χ4n) is 2.99. The van der Waals surface area contributed by atoms with E-state index in [2.05, 4.69) is 41.8 Å². The first-order chi connectivity index (χ1) is 9.95. The molecule has 1 aromatic rings. The Kier molecular flexibility index (Phi) is 5.91. The highest BCUT2D eigenvalue weighted by molar-refractivity contribution is 6.33. The average molecular weight is 310 g/mol. The van der Waals surface area contributed by atoms with Crippen molar-refractivity contribution in [1.82, 2.24) is 4.90 Å². The number of benzene rings is 1. The summed E-state index contributed by atoms with van der Waals surface area (Å²) in [6.45, 7) is 12.1. The normalized spacial score (nSPS) is 18.3. The van der Waals surface area contributed by atoms with Gasteiger partial charge in [0.1, 0.15) is 0 Å². The number of nitrogens with zero attached hydrogens (tertiary/aromatic N) is 2. The summed E-state index contributed by atoms with van der Waals surface area (Å²) in [7, 11) is 0. The van der Waals surface area contributed by atoms with Crippen LogP contribution in [-0.4, -0.2) is 43.7 Å². The van der Waals surface area contributed by atoms with Crippen LogP contribution in [0.1, 0.15) is 26.3 Å². The van der Waals surface area contributed by atoms with Gasteiger partial charge in [0, 0.05) is 38.8 Å². The van der Waals surface area contributed by atoms with Crippen LogP contribution in [0.3, 0.4) is 0 Å². The average Bonchev–Trinajstić information content (AvgIpc) is 2.39. The first kappa shape index (κ1) is 16.6. The molecule has 0 radical (unpaired) electrons. The quantitative estimate of drug-likeness (QED) is 0.907. The van der Waals surface area contributed by atoms with E-state index in [1.807, 2.05) is 6.92 Å². The third kappa shape index (κ3) is 4.87. The Morgan fingerprint density at radius 1 is 1.14 bits per heavy atom. The van der Waals surface area contributed by atoms with Gasteiger partial charge < -0.3 is 10.6 Å². The molecule has 0 spiro atoms. The predicted molar refractivity (Wildman–Crippen MR) is 92.3 cm³/mol. The second kappa shape index (κ2) is 7.48. The van der Waals surface area contributed by atoms with Crippen LogP contribution in [0.2, 0.25) is 5.02 Å². The van der Waals surface area contributed by atoms with Crippen molar-refractivity contribution in [3.05, 3.63) is 28.8 Å². The summed E-state index contributed by atoms with van der Waals surface area (Å²) in [5.74, 6) is 0.734. The third-order valence-electron chi connectivity index (χ3n) is 3.91. The van der Waals surface area contributed by atoms with Gasteiger partial charge in [-0.3, -0.25) is 4.90 Å². The van der Waals surface area contributed by atoms with Crippen LogP contribution in [0.25, 0.3) is 0 Å². The molecule has 1 fully saturated rings. The molecule has 0 aromatic heterocycles. The Morgan fingerprint density at radius 2 is 1.81 bits per heavy atom. The summed E-state index contributed by atoms with van der Waals surface area (Å²) in [5, 5.41) is 0.852. The number of nitrogens with two attached hydrogens (primary N) is 1. The van der Waals surface area contributed by atoms with E-state index >= 15 is 0 Å². The summed E-state index contributed by atoms with van der Waals surface area (Å²) < 4.78 is 0. The Morgan fingerprint density at radius 3 is 2.33 bits per heavy atom. The highest BCUT2D eigenvalue weighted by atomic mass is 35.5. The lowest BCUT2D eigenvalue weighted by atomic mass is 10.1. The number of hydrogen-bond donors (Lipinski definition) is 1. The Hall–Kier alpha value is -0.770. The van der Waals surface area contributed by atoms with Gasteiger partial charge in [-0.15, -0.1) is 0 Å². The number of anilines is 1. The van der Waals surface area contributed by atoms with Gasteiger partial charge in [0.2, 0.25) is 0 Å². The summed E-state index contributed by atoms with van der Waals surface area (Å²) in [4.78, 5) is 4.94. The van der Waals surface area contributed by atoms with Crippen molar-refractivity contribution in [3.63, 3.8) is 0 Å². The monoisotopic (exact) mass is 309 g/mol. The van der Waals surface area contributed by atoms with Crippen LogP contribution >= 0.6 is 11.6 Å². The first-order valence-electron chi connectivity index (χ1n) is 7.97. The molecule has 0 amide bonds. The van der Waals surface area contributed by atoms with Gasteiger partial charge in [-0.1, -0.05) is 31.5 Å². The molecule has 2 rings (SSSR count). The number of halogens is 1. The molecule has 0 aliphatic carbocycles. The highest BCUT2D eigenvalue weighted by Crippen LogP contribution is 2.28. The van der Waals surface area contributed by atoms with E-state index in [0.717, 1.165) is 49.2 Å². The molecule has 1 unspecified atom stereocenters. The maximum atomic E-state index is 6.47. The largest absolute Gasteiger partial charge is 0.368 e. The lowest BCUT2D eigenvalue weighted by Gasteiger charge is -2.37. The molecule has 21 heavy (non-hydrogen) atoms. The molecular weight excluding hydrogens is 282 g/mol. The van der Waals surface area contributed by atoms with Gasteiger partial charge in [-0.2, -0.15) is 0 Å². The summed E-state index contributed by atoms with van der Waals surface area (Å²) in [6, 6.07) is 6.55. The predicted octanol–water partition coefficient (Wildman–Crippen LogP) is 3.01. The first-order valence-corrected chi connectivity index (χ1v) is 8.35. The minimum absolute atomic E-state index is 0.173. The van der Waals surface area contributed by atoms with Gasteiger partial charge in [0.25, 0.3) is 0 Å². The summed E-state index contributed by atoms with van der Waals surface area (Å²) >= 11 is 6.47. The lowest BCUT2D eigenvalue weighted by Crippen LogP contribution is -2.47. The summed E-state index contributed by atoms with van der Waals surface area (Å²) in [5.41, 5.74) is 8.23. The lowest BCUT2D eigenvalue weighted by molar-refractivity contribution is 0.231. The molecule has 1 aliphatic rings. The molecule has 3 nitrogen and oxygen atoms in total. The molecule has 0 saturated carbocycles. The van der Waals surface area contributed by atoms with Gasteiger partial charge in [0.05, 0.1) is 10.7 Å². The molecule has 2 N–H and O–H groups in total.